The summed E-state index contributed by atoms with van der Waals surface area (Å²) < 4.78 is 0. The van der Waals surface area contributed by atoms with E-state index in [1.165, 1.54) is 5.56 Å². The lowest BCUT2D eigenvalue weighted by molar-refractivity contribution is -0.124. The molecule has 25 heavy (non-hydrogen) atoms. The number of aryl methyl sites for hydroxylation is 2. The maximum Gasteiger partial charge on any atom is 0.239 e. The number of nitrogens with zero attached hydrogens (tertiary/aromatic N) is 2. The zero-order valence-electron chi connectivity index (χ0n) is 15.1. The summed E-state index contributed by atoms with van der Waals surface area (Å²) in [6.45, 7) is 5.94. The highest BCUT2D eigenvalue weighted by atomic mass is 16.1. The topological polar surface area (TPSA) is 59.2 Å². The monoisotopic (exact) mass is 337 g/mol. The van der Waals surface area contributed by atoms with E-state index in [0.717, 1.165) is 49.2 Å². The van der Waals surface area contributed by atoms with Crippen LogP contribution in [-0.4, -0.2) is 28.9 Å². The number of benzene rings is 1. The summed E-state index contributed by atoms with van der Waals surface area (Å²) in [5, 5.41) is 0. The van der Waals surface area contributed by atoms with Gasteiger partial charge in [-0.3, -0.25) is 14.7 Å². The lowest BCUT2D eigenvalue weighted by Gasteiger charge is -2.37. The SMILES string of the molecule is CCc1cccc(C)c1C(C(N)=O)N1CCC(c2ccccn2)CC1. The minimum absolute atomic E-state index is 0.250. The standard InChI is InChI=1S/C21H27N3O/c1-3-16-8-6-7-15(2)19(16)20(21(22)25)24-13-10-17(11-14-24)18-9-4-5-12-23-18/h4-9,12,17,20H,3,10-11,13-14H2,1-2H3,(H2,22,25). The first-order valence-electron chi connectivity index (χ1n) is 9.14. The Labute approximate surface area is 150 Å². The van der Waals surface area contributed by atoms with E-state index in [1.54, 1.807) is 0 Å². The van der Waals surface area contributed by atoms with Crippen LogP contribution in [0.1, 0.15) is 54.1 Å². The van der Waals surface area contributed by atoms with Crippen molar-refractivity contribution < 1.29 is 4.79 Å². The second kappa shape index (κ2) is 7.79. The van der Waals surface area contributed by atoms with E-state index in [-0.39, 0.29) is 11.9 Å². The van der Waals surface area contributed by atoms with E-state index in [1.807, 2.05) is 18.3 Å². The predicted molar refractivity (Wildman–Crippen MR) is 100 cm³/mol. The molecule has 2 heterocycles. The van der Waals surface area contributed by atoms with Gasteiger partial charge in [-0.25, -0.2) is 0 Å². The highest BCUT2D eigenvalue weighted by Crippen LogP contribution is 2.34. The van der Waals surface area contributed by atoms with Gasteiger partial charge in [0.1, 0.15) is 6.04 Å². The Hall–Kier alpha value is -2.20. The van der Waals surface area contributed by atoms with E-state index < -0.39 is 0 Å². The number of hydrogen-bond donors (Lipinski definition) is 1. The number of carbonyl (C=O) groups is 1. The lowest BCUT2D eigenvalue weighted by atomic mass is 9.88. The van der Waals surface area contributed by atoms with Crippen molar-refractivity contribution in [2.24, 2.45) is 5.73 Å². The molecule has 1 unspecified atom stereocenters. The van der Waals surface area contributed by atoms with E-state index >= 15 is 0 Å². The summed E-state index contributed by atoms with van der Waals surface area (Å²) in [6.07, 6.45) is 4.78. The maximum atomic E-state index is 12.3. The average molecular weight is 337 g/mol. The predicted octanol–water partition coefficient (Wildman–Crippen LogP) is 3.36. The second-order valence-electron chi connectivity index (χ2n) is 6.87. The molecule has 1 atom stereocenters. The van der Waals surface area contributed by atoms with Crippen LogP contribution >= 0.6 is 0 Å². The van der Waals surface area contributed by atoms with Crippen molar-refractivity contribution in [3.63, 3.8) is 0 Å². The van der Waals surface area contributed by atoms with Crippen LogP contribution in [0.5, 0.6) is 0 Å². The number of rotatable bonds is 5. The Morgan fingerprint density at radius 1 is 1.24 bits per heavy atom. The van der Waals surface area contributed by atoms with Gasteiger partial charge in [-0.2, -0.15) is 0 Å². The van der Waals surface area contributed by atoms with Gasteiger partial charge in [-0.05, 0) is 68.1 Å². The molecule has 0 saturated carbocycles. The molecule has 1 aliphatic rings. The normalized spacial score (nSPS) is 17.4. The number of nitrogens with two attached hydrogens (primary N) is 1. The van der Waals surface area contributed by atoms with Crippen LogP contribution in [0.2, 0.25) is 0 Å². The largest absolute Gasteiger partial charge is 0.368 e. The van der Waals surface area contributed by atoms with Gasteiger partial charge in [0.05, 0.1) is 0 Å². The molecule has 0 radical (unpaired) electrons. The molecule has 0 spiro atoms. The first-order chi connectivity index (χ1) is 12.1. The van der Waals surface area contributed by atoms with E-state index in [0.29, 0.717) is 5.92 Å². The fraction of sp³-hybridized carbons (Fsp3) is 0.429. The van der Waals surface area contributed by atoms with Crippen LogP contribution in [0.25, 0.3) is 0 Å². The smallest absolute Gasteiger partial charge is 0.239 e. The molecule has 132 valence electrons. The van der Waals surface area contributed by atoms with Crippen molar-refractivity contribution in [3.05, 3.63) is 65.0 Å². The molecule has 2 aromatic rings. The van der Waals surface area contributed by atoms with Gasteiger partial charge < -0.3 is 5.73 Å². The molecule has 1 amide bonds. The van der Waals surface area contributed by atoms with Crippen LogP contribution in [0, 0.1) is 6.92 Å². The summed E-state index contributed by atoms with van der Waals surface area (Å²) >= 11 is 0. The summed E-state index contributed by atoms with van der Waals surface area (Å²) in [5.41, 5.74) is 10.5. The van der Waals surface area contributed by atoms with Crippen molar-refractivity contribution in [2.45, 2.75) is 45.1 Å². The number of hydrogen-bond acceptors (Lipinski definition) is 3. The average Bonchev–Trinajstić information content (AvgIpc) is 2.64. The molecule has 4 nitrogen and oxygen atoms in total. The van der Waals surface area contributed by atoms with Crippen molar-refractivity contribution in [1.82, 2.24) is 9.88 Å². The second-order valence-corrected chi connectivity index (χ2v) is 6.87. The van der Waals surface area contributed by atoms with Crippen LogP contribution < -0.4 is 5.73 Å². The summed E-state index contributed by atoms with van der Waals surface area (Å²) in [7, 11) is 0. The van der Waals surface area contributed by atoms with Gasteiger partial charge in [0.25, 0.3) is 0 Å². The molecule has 1 fully saturated rings. The zero-order chi connectivity index (χ0) is 17.8. The Morgan fingerprint density at radius 3 is 2.60 bits per heavy atom. The molecular weight excluding hydrogens is 310 g/mol. The number of likely N-dealkylation sites (tertiary alicyclic amines) is 1. The molecule has 4 heteroatoms. The van der Waals surface area contributed by atoms with Crippen LogP contribution in [0.3, 0.4) is 0 Å². The van der Waals surface area contributed by atoms with E-state index in [2.05, 4.69) is 48.0 Å². The molecule has 1 aliphatic heterocycles. The third kappa shape index (κ3) is 3.74. The number of pyridine rings is 1. The Balaban J connectivity index is 1.81. The zero-order valence-corrected chi connectivity index (χ0v) is 15.1. The molecular formula is C21H27N3O. The molecule has 0 aliphatic carbocycles. The van der Waals surface area contributed by atoms with Gasteiger partial charge in [-0.1, -0.05) is 31.2 Å². The highest BCUT2D eigenvalue weighted by Gasteiger charge is 2.32. The third-order valence-electron chi connectivity index (χ3n) is 5.34. The molecule has 2 N–H and O–H groups in total. The third-order valence-corrected chi connectivity index (χ3v) is 5.34. The van der Waals surface area contributed by atoms with E-state index in [9.17, 15) is 4.79 Å². The Morgan fingerprint density at radius 2 is 2.00 bits per heavy atom. The number of piperidine rings is 1. The molecule has 0 bridgehead atoms. The van der Waals surface area contributed by atoms with Crippen LogP contribution in [0.4, 0.5) is 0 Å². The number of amides is 1. The maximum absolute atomic E-state index is 12.3. The van der Waals surface area contributed by atoms with Gasteiger partial charge in [-0.15, -0.1) is 0 Å². The number of aromatic nitrogens is 1. The fourth-order valence-electron chi connectivity index (χ4n) is 4.02. The van der Waals surface area contributed by atoms with Gasteiger partial charge in [0.2, 0.25) is 5.91 Å². The van der Waals surface area contributed by atoms with Gasteiger partial charge >= 0.3 is 0 Å². The minimum atomic E-state index is -0.333. The summed E-state index contributed by atoms with van der Waals surface area (Å²) in [6, 6.07) is 12.0. The van der Waals surface area contributed by atoms with Crippen molar-refractivity contribution in [3.8, 4) is 0 Å². The van der Waals surface area contributed by atoms with Crippen LogP contribution in [-0.2, 0) is 11.2 Å². The minimum Gasteiger partial charge on any atom is -0.368 e. The molecule has 3 rings (SSSR count). The molecule has 1 aromatic heterocycles. The fourth-order valence-corrected chi connectivity index (χ4v) is 4.02. The highest BCUT2D eigenvalue weighted by molar-refractivity contribution is 5.82. The Bertz CT molecular complexity index is 721. The number of carbonyl (C=O) groups excluding carboxylic acids is 1. The van der Waals surface area contributed by atoms with Crippen molar-refractivity contribution >= 4 is 5.91 Å². The van der Waals surface area contributed by atoms with Crippen LogP contribution in [0.15, 0.2) is 42.6 Å². The molecule has 1 aromatic carbocycles. The first-order valence-corrected chi connectivity index (χ1v) is 9.14. The Kier molecular flexibility index (Phi) is 5.49. The van der Waals surface area contributed by atoms with Crippen molar-refractivity contribution in [2.75, 3.05) is 13.1 Å². The summed E-state index contributed by atoms with van der Waals surface area (Å²) in [4.78, 5) is 19.1. The molecule has 1 saturated heterocycles. The first kappa shape index (κ1) is 17.6. The summed E-state index contributed by atoms with van der Waals surface area (Å²) in [5.74, 6) is 0.216. The van der Waals surface area contributed by atoms with Gasteiger partial charge in [0, 0.05) is 17.8 Å². The van der Waals surface area contributed by atoms with Crippen molar-refractivity contribution in [1.29, 1.82) is 0 Å². The lowest BCUT2D eigenvalue weighted by Crippen LogP contribution is -2.43. The number of primary amides is 1. The van der Waals surface area contributed by atoms with E-state index in [4.69, 9.17) is 5.73 Å². The van der Waals surface area contributed by atoms with Gasteiger partial charge in [0.15, 0.2) is 0 Å². The quantitative estimate of drug-likeness (QED) is 0.910.